The quantitative estimate of drug-likeness (QED) is 0.434. The number of pyridine rings is 1. The van der Waals surface area contributed by atoms with E-state index in [0.29, 0.717) is 29.5 Å². The second kappa shape index (κ2) is 11.6. The number of para-hydroxylation sites is 1. The second-order valence-electron chi connectivity index (χ2n) is 8.62. The van der Waals surface area contributed by atoms with Crippen molar-refractivity contribution in [1.82, 2.24) is 14.9 Å². The number of esters is 2. The molecule has 0 radical (unpaired) electrons. The van der Waals surface area contributed by atoms with Crippen LogP contribution in [0.1, 0.15) is 54.5 Å². The molecule has 0 fully saturated rings. The second-order valence-corrected chi connectivity index (χ2v) is 9.48. The summed E-state index contributed by atoms with van der Waals surface area (Å²) < 4.78 is 10.6. The molecule has 1 aliphatic rings. The van der Waals surface area contributed by atoms with Gasteiger partial charge in [0.25, 0.3) is 5.91 Å². The molecule has 190 valence electrons. The first kappa shape index (κ1) is 25.7. The van der Waals surface area contributed by atoms with Crippen molar-refractivity contribution in [3.63, 3.8) is 0 Å². The Morgan fingerprint density at radius 1 is 1.19 bits per heavy atom. The predicted molar refractivity (Wildman–Crippen MR) is 137 cm³/mol. The number of nitrogens with zero attached hydrogens (tertiary/aromatic N) is 3. The normalized spacial score (nSPS) is 14.2. The van der Waals surface area contributed by atoms with Crippen LogP contribution in [0.5, 0.6) is 0 Å². The number of anilines is 1. The fraction of sp³-hybridized carbons (Fsp3) is 0.423. The summed E-state index contributed by atoms with van der Waals surface area (Å²) in [6.45, 7) is 8.14. The predicted octanol–water partition coefficient (Wildman–Crippen LogP) is 3.75. The van der Waals surface area contributed by atoms with E-state index in [1.54, 1.807) is 12.3 Å². The van der Waals surface area contributed by atoms with Crippen LogP contribution < -0.4 is 5.32 Å². The number of carbonyl (C=O) groups is 3. The zero-order valence-electron chi connectivity index (χ0n) is 20.7. The Bertz CT molecular complexity index is 1270. The minimum atomic E-state index is -1.05. The molecule has 0 aliphatic carbocycles. The monoisotopic (exact) mass is 510 g/mol. The first-order chi connectivity index (χ1) is 17.4. The molecule has 1 aliphatic heterocycles. The number of rotatable bonds is 9. The summed E-state index contributed by atoms with van der Waals surface area (Å²) in [5.74, 6) is -1.43. The zero-order valence-corrected chi connectivity index (χ0v) is 21.5. The summed E-state index contributed by atoms with van der Waals surface area (Å²) in [5, 5.41) is 5.39. The van der Waals surface area contributed by atoms with Gasteiger partial charge in [0.1, 0.15) is 0 Å². The molecule has 0 saturated carbocycles. The largest absolute Gasteiger partial charge is 0.466 e. The molecule has 0 spiro atoms. The summed E-state index contributed by atoms with van der Waals surface area (Å²) in [6, 6.07) is 7.51. The molecular weight excluding hydrogens is 480 g/mol. The Hall–Kier alpha value is -3.37. The van der Waals surface area contributed by atoms with E-state index in [2.05, 4.69) is 22.1 Å². The maximum absolute atomic E-state index is 13.4. The highest BCUT2D eigenvalue weighted by Crippen LogP contribution is 2.29. The van der Waals surface area contributed by atoms with Crippen LogP contribution in [0.25, 0.3) is 10.9 Å². The third-order valence-electron chi connectivity index (χ3n) is 5.94. The lowest BCUT2D eigenvalue weighted by atomic mass is 9.95. The van der Waals surface area contributed by atoms with Crippen molar-refractivity contribution in [3.05, 3.63) is 52.2 Å². The van der Waals surface area contributed by atoms with E-state index in [4.69, 9.17) is 14.5 Å². The van der Waals surface area contributed by atoms with Gasteiger partial charge in [-0.25, -0.2) is 9.78 Å². The van der Waals surface area contributed by atoms with Crippen LogP contribution in [-0.4, -0.2) is 58.5 Å². The Kier molecular flexibility index (Phi) is 8.27. The number of benzene rings is 1. The molecule has 4 rings (SSSR count). The Labute approximate surface area is 213 Å². The lowest BCUT2D eigenvalue weighted by molar-refractivity contribution is -0.142. The van der Waals surface area contributed by atoms with Crippen LogP contribution in [-0.2, 0) is 38.4 Å². The van der Waals surface area contributed by atoms with Gasteiger partial charge < -0.3 is 9.47 Å². The van der Waals surface area contributed by atoms with Gasteiger partial charge in [-0.15, -0.1) is 11.3 Å². The fourth-order valence-corrected chi connectivity index (χ4v) is 4.98. The molecule has 1 aromatic carbocycles. The molecule has 1 N–H and O–H groups in total. The fourth-order valence-electron chi connectivity index (χ4n) is 4.27. The van der Waals surface area contributed by atoms with Crippen molar-refractivity contribution >= 4 is 45.2 Å². The summed E-state index contributed by atoms with van der Waals surface area (Å²) in [5.41, 5.74) is 3.49. The highest BCUT2D eigenvalue weighted by Gasteiger charge is 2.28. The van der Waals surface area contributed by atoms with E-state index in [1.807, 2.05) is 24.3 Å². The Morgan fingerprint density at radius 3 is 2.78 bits per heavy atom. The van der Waals surface area contributed by atoms with E-state index in [9.17, 15) is 14.4 Å². The number of nitrogens with one attached hydrogen (secondary N) is 1. The van der Waals surface area contributed by atoms with Crippen molar-refractivity contribution in [2.75, 3.05) is 25.0 Å². The number of aromatic nitrogens is 2. The van der Waals surface area contributed by atoms with Gasteiger partial charge in [-0.05, 0) is 32.9 Å². The Morgan fingerprint density at radius 2 is 2.00 bits per heavy atom. The number of fused-ring (bicyclic) bond motifs is 2. The summed E-state index contributed by atoms with van der Waals surface area (Å²) in [6.07, 6.45) is 0.758. The maximum atomic E-state index is 13.4. The number of hydrogen-bond acceptors (Lipinski definition) is 9. The third kappa shape index (κ3) is 5.88. The van der Waals surface area contributed by atoms with Crippen molar-refractivity contribution in [3.8, 4) is 0 Å². The van der Waals surface area contributed by atoms with Crippen LogP contribution in [0.15, 0.2) is 29.6 Å². The van der Waals surface area contributed by atoms with Crippen LogP contribution >= 0.6 is 11.3 Å². The number of ether oxygens (including phenoxy) is 2. The van der Waals surface area contributed by atoms with Gasteiger partial charge in [0.2, 0.25) is 0 Å². The maximum Gasteiger partial charge on any atom is 0.339 e. The van der Waals surface area contributed by atoms with Crippen LogP contribution in [0.4, 0.5) is 5.13 Å². The van der Waals surface area contributed by atoms with Crippen molar-refractivity contribution in [2.45, 2.75) is 52.7 Å². The molecule has 1 unspecified atom stereocenters. The third-order valence-corrected chi connectivity index (χ3v) is 6.74. The smallest absolute Gasteiger partial charge is 0.339 e. The SMILES string of the molecule is CCCN1CCc2nc3ccccc3c(C(=O)OC(C)C(=O)Nc3nc(CC(=O)OCC)cs3)c2C1. The standard InChI is InChI=1S/C26H30N4O5S/c1-4-11-30-12-10-21-19(14-30)23(18-8-6-7-9-20(18)28-21)25(33)35-16(3)24(32)29-26-27-17(15-36-26)13-22(31)34-5-2/h6-9,15-16H,4-5,10-14H2,1-3H3,(H,27,29,32). The van der Waals surface area contributed by atoms with Crippen LogP contribution in [0, 0.1) is 0 Å². The van der Waals surface area contributed by atoms with E-state index < -0.39 is 18.0 Å². The number of thiazole rings is 1. The molecule has 36 heavy (non-hydrogen) atoms. The molecule has 1 amide bonds. The van der Waals surface area contributed by atoms with E-state index in [1.165, 1.54) is 18.3 Å². The highest BCUT2D eigenvalue weighted by molar-refractivity contribution is 7.13. The molecule has 10 heteroatoms. The summed E-state index contributed by atoms with van der Waals surface area (Å²) >= 11 is 1.19. The lowest BCUT2D eigenvalue weighted by Gasteiger charge is -2.29. The average molecular weight is 511 g/mol. The molecular formula is C26H30N4O5S. The molecule has 3 heterocycles. The molecule has 0 bridgehead atoms. The van der Waals surface area contributed by atoms with Gasteiger partial charge in [0.15, 0.2) is 11.2 Å². The van der Waals surface area contributed by atoms with Crippen molar-refractivity contribution in [2.24, 2.45) is 0 Å². The van der Waals surface area contributed by atoms with Gasteiger partial charge in [0.05, 0.1) is 29.8 Å². The summed E-state index contributed by atoms with van der Waals surface area (Å²) in [4.78, 5) is 49.2. The average Bonchev–Trinajstić information content (AvgIpc) is 3.29. The first-order valence-electron chi connectivity index (χ1n) is 12.1. The van der Waals surface area contributed by atoms with Crippen molar-refractivity contribution in [1.29, 1.82) is 0 Å². The number of hydrogen-bond donors (Lipinski definition) is 1. The van der Waals surface area contributed by atoms with Gasteiger partial charge in [-0.3, -0.25) is 24.8 Å². The number of carbonyl (C=O) groups excluding carboxylic acids is 3. The molecule has 3 aromatic rings. The lowest BCUT2D eigenvalue weighted by Crippen LogP contribution is -2.34. The van der Waals surface area contributed by atoms with Crippen molar-refractivity contribution < 1.29 is 23.9 Å². The van der Waals surface area contributed by atoms with E-state index >= 15 is 0 Å². The topological polar surface area (TPSA) is 111 Å². The Balaban J connectivity index is 1.50. The molecule has 2 aromatic heterocycles. The van der Waals surface area contributed by atoms with Gasteiger partial charge >= 0.3 is 11.9 Å². The van der Waals surface area contributed by atoms with Crippen LogP contribution in [0.3, 0.4) is 0 Å². The summed E-state index contributed by atoms with van der Waals surface area (Å²) in [7, 11) is 0. The van der Waals surface area contributed by atoms with Gasteiger partial charge in [0, 0.05) is 41.5 Å². The number of amides is 1. The van der Waals surface area contributed by atoms with E-state index in [-0.39, 0.29) is 12.4 Å². The van der Waals surface area contributed by atoms with Crippen LogP contribution in [0.2, 0.25) is 0 Å². The van der Waals surface area contributed by atoms with E-state index in [0.717, 1.165) is 48.1 Å². The molecule has 9 nitrogen and oxygen atoms in total. The van der Waals surface area contributed by atoms with Gasteiger partial charge in [-0.2, -0.15) is 0 Å². The minimum absolute atomic E-state index is 0.0278. The molecule has 1 atom stereocenters. The minimum Gasteiger partial charge on any atom is -0.466 e. The highest BCUT2D eigenvalue weighted by atomic mass is 32.1. The van der Waals surface area contributed by atoms with Gasteiger partial charge in [-0.1, -0.05) is 25.1 Å². The molecule has 0 saturated heterocycles. The zero-order chi connectivity index (χ0) is 25.7. The first-order valence-corrected chi connectivity index (χ1v) is 13.0.